The molecule has 3 heterocycles. The van der Waals surface area contributed by atoms with E-state index in [1.165, 1.54) is 17.5 Å². The summed E-state index contributed by atoms with van der Waals surface area (Å²) in [5, 5.41) is 25.5. The van der Waals surface area contributed by atoms with E-state index in [1.807, 2.05) is 36.4 Å². The summed E-state index contributed by atoms with van der Waals surface area (Å²) in [5.74, 6) is 6.03. The van der Waals surface area contributed by atoms with Gasteiger partial charge in [-0.2, -0.15) is 0 Å². The third-order valence-corrected chi connectivity index (χ3v) is 7.55. The molecule has 5 N–H and O–H groups in total. The second kappa shape index (κ2) is 12.9. The molecular weight excluding hydrogens is 540 g/mol. The van der Waals surface area contributed by atoms with Crippen LogP contribution in [0.1, 0.15) is 38.6 Å². The number of nitrogens with zero attached hydrogens (tertiary/aromatic N) is 3. The smallest absolute Gasteiger partial charge is 0.268 e. The zero-order chi connectivity index (χ0) is 28.8. The van der Waals surface area contributed by atoms with E-state index in [0.717, 1.165) is 16.9 Å². The number of para-hydroxylation sites is 1. The van der Waals surface area contributed by atoms with Crippen LogP contribution in [0.3, 0.4) is 0 Å². The van der Waals surface area contributed by atoms with E-state index in [9.17, 15) is 14.7 Å². The van der Waals surface area contributed by atoms with E-state index in [0.29, 0.717) is 40.6 Å². The lowest BCUT2D eigenvalue weighted by molar-refractivity contribution is 0.0171. The number of aliphatic hydroxyl groups excluding tert-OH is 2. The van der Waals surface area contributed by atoms with Crippen molar-refractivity contribution >= 4 is 40.2 Å². The van der Waals surface area contributed by atoms with Crippen LogP contribution < -0.4 is 10.6 Å². The Labute approximate surface area is 241 Å². The lowest BCUT2D eigenvalue weighted by Gasteiger charge is -2.20. The minimum atomic E-state index is -0.791. The molecule has 0 bridgehead atoms. The highest BCUT2D eigenvalue weighted by atomic mass is 32.1. The van der Waals surface area contributed by atoms with Crippen molar-refractivity contribution in [1.82, 2.24) is 19.9 Å². The number of hydrogen-bond acceptors (Lipinski definition) is 9. The van der Waals surface area contributed by atoms with Gasteiger partial charge in [-0.1, -0.05) is 30.0 Å². The Balaban J connectivity index is 1.44. The topological polar surface area (TPSA) is 143 Å². The maximum absolute atomic E-state index is 13.5. The fraction of sp³-hybridized carbons (Fsp3) is 0.267. The molecule has 0 fully saturated rings. The molecule has 0 spiro atoms. The Hall–Kier alpha value is -4.34. The number of rotatable bonds is 9. The summed E-state index contributed by atoms with van der Waals surface area (Å²) in [5.41, 5.74) is 5.91. The number of carbonyl (C=O) groups is 2. The van der Waals surface area contributed by atoms with Crippen molar-refractivity contribution in [1.29, 1.82) is 0 Å². The van der Waals surface area contributed by atoms with Gasteiger partial charge >= 0.3 is 0 Å². The van der Waals surface area contributed by atoms with Crippen molar-refractivity contribution in [3.63, 3.8) is 0 Å². The number of aromatic amines is 1. The number of H-pyrrole nitrogens is 1. The molecule has 1 aliphatic rings. The minimum absolute atomic E-state index is 0.0304. The number of anilines is 3. The van der Waals surface area contributed by atoms with Crippen LogP contribution >= 0.6 is 11.3 Å². The number of Topliss-reactive ketones (excluding diaryl/α,β-unsaturated/α-hetero) is 1. The number of fused-ring (bicyclic) bond motifs is 1. The number of benzene rings is 1. The van der Waals surface area contributed by atoms with Gasteiger partial charge in [0.1, 0.15) is 16.9 Å². The SMILES string of the molecule is CN(CCO)C(O)CC#CC1CC(=O)c2c([nH]c(-c3ccnc(NC(=O)c4cncs4)c3)c2Nc2ccccc2)C1. The molecule has 0 radical (unpaired) electrons. The summed E-state index contributed by atoms with van der Waals surface area (Å²) in [6, 6.07) is 13.2. The van der Waals surface area contributed by atoms with Gasteiger partial charge in [-0.15, -0.1) is 11.3 Å². The molecule has 1 aromatic carbocycles. The molecule has 2 atom stereocenters. The Morgan fingerprint density at radius 1 is 1.27 bits per heavy atom. The van der Waals surface area contributed by atoms with Gasteiger partial charge in [-0.3, -0.25) is 19.5 Å². The highest BCUT2D eigenvalue weighted by Gasteiger charge is 2.31. The van der Waals surface area contributed by atoms with Crippen LogP contribution in [0.2, 0.25) is 0 Å². The molecule has 3 aromatic heterocycles. The van der Waals surface area contributed by atoms with Crippen LogP contribution in [-0.4, -0.2) is 68.2 Å². The zero-order valence-electron chi connectivity index (χ0n) is 22.4. The number of hydrogen-bond donors (Lipinski definition) is 5. The van der Waals surface area contributed by atoms with Gasteiger partial charge in [0.05, 0.1) is 35.3 Å². The molecular formula is C30H30N6O4S. The minimum Gasteiger partial charge on any atom is -0.395 e. The first kappa shape index (κ1) is 28.2. The predicted molar refractivity (Wildman–Crippen MR) is 158 cm³/mol. The van der Waals surface area contributed by atoms with Crippen LogP contribution in [-0.2, 0) is 6.42 Å². The molecule has 4 aromatic rings. The summed E-state index contributed by atoms with van der Waals surface area (Å²) in [6.07, 6.45) is 3.34. The highest BCUT2D eigenvalue weighted by molar-refractivity contribution is 7.11. The standard InChI is InChI=1S/C30H30N6O4S/c1-36(12-13-37)26(39)9-5-6-19-14-22-27(23(38)15-19)29(33-21-7-3-2-4-8-21)28(34-22)20-10-11-32-25(16-20)35-30(40)24-17-31-18-41-24/h2-4,7-8,10-11,16-19,26,33-34,37,39H,9,12-15H2,1H3,(H,32,35,40). The molecule has 0 saturated heterocycles. The number of nitrogens with one attached hydrogen (secondary N) is 3. The Morgan fingerprint density at radius 3 is 2.85 bits per heavy atom. The summed E-state index contributed by atoms with van der Waals surface area (Å²) < 4.78 is 0. The third-order valence-electron chi connectivity index (χ3n) is 6.78. The lowest BCUT2D eigenvalue weighted by atomic mass is 9.86. The largest absolute Gasteiger partial charge is 0.395 e. The molecule has 11 heteroatoms. The second-order valence-electron chi connectivity index (χ2n) is 9.71. The molecule has 0 saturated carbocycles. The van der Waals surface area contributed by atoms with Crippen molar-refractivity contribution in [2.75, 3.05) is 30.8 Å². The number of thiazole rings is 1. The summed E-state index contributed by atoms with van der Waals surface area (Å²) in [4.78, 5) is 39.9. The second-order valence-corrected chi connectivity index (χ2v) is 10.6. The Bertz CT molecular complexity index is 1580. The average molecular weight is 571 g/mol. The molecule has 2 unspecified atom stereocenters. The summed E-state index contributed by atoms with van der Waals surface area (Å²) in [7, 11) is 1.72. The van der Waals surface area contributed by atoms with Crippen LogP contribution in [0.15, 0.2) is 60.4 Å². The molecule has 1 aliphatic carbocycles. The maximum atomic E-state index is 13.5. The first-order valence-corrected chi connectivity index (χ1v) is 14.0. The molecule has 1 amide bonds. The lowest BCUT2D eigenvalue weighted by Crippen LogP contribution is -2.33. The van der Waals surface area contributed by atoms with Gasteiger partial charge in [-0.05, 0) is 31.3 Å². The fourth-order valence-corrected chi connectivity index (χ4v) is 5.20. The van der Waals surface area contributed by atoms with Crippen molar-refractivity contribution in [3.05, 3.63) is 76.5 Å². The van der Waals surface area contributed by atoms with Crippen molar-refractivity contribution in [2.24, 2.45) is 5.92 Å². The van der Waals surface area contributed by atoms with E-state index in [1.54, 1.807) is 29.7 Å². The number of aromatic nitrogens is 3. The average Bonchev–Trinajstić information content (AvgIpc) is 3.63. The quantitative estimate of drug-likeness (QED) is 0.151. The number of ketones is 1. The van der Waals surface area contributed by atoms with Crippen LogP contribution in [0, 0.1) is 17.8 Å². The van der Waals surface area contributed by atoms with E-state index in [4.69, 9.17) is 5.11 Å². The van der Waals surface area contributed by atoms with E-state index < -0.39 is 6.23 Å². The molecule has 210 valence electrons. The van der Waals surface area contributed by atoms with Crippen LogP contribution in [0.4, 0.5) is 17.2 Å². The third kappa shape index (κ3) is 6.70. The van der Waals surface area contributed by atoms with E-state index in [2.05, 4.69) is 37.4 Å². The fourth-order valence-electron chi connectivity index (χ4n) is 4.68. The number of likely N-dealkylation sites (N-methyl/N-ethyl adjacent to an activating group) is 1. The highest BCUT2D eigenvalue weighted by Crippen LogP contribution is 2.40. The number of pyridine rings is 1. The van der Waals surface area contributed by atoms with Gasteiger partial charge in [0.25, 0.3) is 5.91 Å². The van der Waals surface area contributed by atoms with E-state index >= 15 is 0 Å². The number of amides is 1. The molecule has 0 aliphatic heterocycles. The molecule has 41 heavy (non-hydrogen) atoms. The van der Waals surface area contributed by atoms with Gasteiger partial charge in [0.15, 0.2) is 5.78 Å². The first-order valence-electron chi connectivity index (χ1n) is 13.2. The van der Waals surface area contributed by atoms with Crippen molar-refractivity contribution in [3.8, 4) is 23.1 Å². The van der Waals surface area contributed by atoms with Gasteiger partial charge in [0, 0.05) is 54.9 Å². The first-order chi connectivity index (χ1) is 19.9. The number of aliphatic hydroxyl groups is 2. The van der Waals surface area contributed by atoms with Crippen molar-refractivity contribution < 1.29 is 19.8 Å². The number of carbonyl (C=O) groups excluding carboxylic acids is 2. The van der Waals surface area contributed by atoms with Crippen LogP contribution in [0.25, 0.3) is 11.3 Å². The van der Waals surface area contributed by atoms with Crippen LogP contribution in [0.5, 0.6) is 0 Å². The predicted octanol–water partition coefficient (Wildman–Crippen LogP) is 3.91. The van der Waals surface area contributed by atoms with Gasteiger partial charge in [-0.25, -0.2) is 4.98 Å². The van der Waals surface area contributed by atoms with E-state index in [-0.39, 0.29) is 37.1 Å². The monoisotopic (exact) mass is 570 g/mol. The zero-order valence-corrected chi connectivity index (χ0v) is 23.2. The maximum Gasteiger partial charge on any atom is 0.268 e. The van der Waals surface area contributed by atoms with Gasteiger partial charge in [0.2, 0.25) is 0 Å². The molecule has 5 rings (SSSR count). The summed E-state index contributed by atoms with van der Waals surface area (Å²) >= 11 is 1.24. The summed E-state index contributed by atoms with van der Waals surface area (Å²) in [6.45, 7) is 0.301. The molecule has 10 nitrogen and oxygen atoms in total. The van der Waals surface area contributed by atoms with Crippen molar-refractivity contribution in [2.45, 2.75) is 25.5 Å². The normalized spacial score (nSPS) is 15.1. The van der Waals surface area contributed by atoms with Gasteiger partial charge < -0.3 is 25.8 Å². The Kier molecular flexibility index (Phi) is 8.86. The Morgan fingerprint density at radius 2 is 2.10 bits per heavy atom.